The predicted molar refractivity (Wildman–Crippen MR) is 313 cm³/mol. The van der Waals surface area contributed by atoms with Gasteiger partial charge in [-0.1, -0.05) is 184 Å². The van der Waals surface area contributed by atoms with Gasteiger partial charge in [0, 0.05) is 0 Å². The highest BCUT2D eigenvalue weighted by Gasteiger charge is 2.21. The minimum absolute atomic E-state index is 0.298. The Morgan fingerprint density at radius 3 is 0.569 bits per heavy atom. The molecule has 72 heavy (non-hydrogen) atoms. The maximum absolute atomic E-state index is 5.50. The number of hydrogen-bond acceptors (Lipinski definition) is 6. The number of pyridine rings is 2. The van der Waals surface area contributed by atoms with Crippen LogP contribution >= 0.6 is 0 Å². The molecule has 0 aliphatic heterocycles. The zero-order valence-corrected chi connectivity index (χ0v) is 47.5. The van der Waals surface area contributed by atoms with Gasteiger partial charge in [0.25, 0.3) is 0 Å². The first-order valence-corrected chi connectivity index (χ1v) is 26.8. The molecule has 0 aliphatic rings. The average Bonchev–Trinajstić information content (AvgIpc) is 3.33. The highest BCUT2D eigenvalue weighted by molar-refractivity contribution is 6.06. The zero-order valence-electron chi connectivity index (χ0n) is 47.5. The maximum atomic E-state index is 5.50. The maximum Gasteiger partial charge on any atom is 0.0856 e. The van der Waals surface area contributed by atoms with Crippen LogP contribution in [0, 0.1) is 0 Å². The Kier molecular flexibility index (Phi) is 18.1. The van der Waals surface area contributed by atoms with Gasteiger partial charge in [0.2, 0.25) is 0 Å². The van der Waals surface area contributed by atoms with E-state index in [1.54, 1.807) is 0 Å². The largest absolute Gasteiger partial charge is 0.251 e. The van der Waals surface area contributed by atoms with Crippen LogP contribution in [0.5, 0.6) is 0 Å². The SMILES string of the molecule is CC(=Nc1c(C(C)C)cccc1C(C)C)c1cc(-c2cc(C(C)=Nc3c(C(C)C)cccc3C(C)C)nc(C(C)=Nc3c(C(C)C)cccc3C(C)C)c2)cc(C(C)=Nc2c(C(C)C)cccc2C(C)C)n1. The van der Waals surface area contributed by atoms with E-state index < -0.39 is 0 Å². The molecule has 0 bridgehead atoms. The van der Waals surface area contributed by atoms with Crippen molar-refractivity contribution < 1.29 is 0 Å². The molecule has 0 saturated heterocycles. The molecule has 0 radical (unpaired) electrons. The van der Waals surface area contributed by atoms with Crippen molar-refractivity contribution in [1.29, 1.82) is 0 Å². The van der Waals surface area contributed by atoms with Crippen molar-refractivity contribution >= 4 is 45.6 Å². The standard InChI is InChI=1S/C66H84N6/c1-37(2)51-25-21-26-52(38(3)4)63(51)67-45(17)59-33-49(34-60(71-59)46(18)68-64-53(39(5)6)27-22-28-54(64)40(7)8)50-35-61(47(19)69-65-55(41(9)10)29-23-30-56(65)42(11)12)72-62(36-50)48(20)70-66-57(43(13)14)31-24-32-58(66)44(15)16/h21-44H,1-20H3. The fourth-order valence-corrected chi connectivity index (χ4v) is 9.60. The lowest BCUT2D eigenvalue weighted by Gasteiger charge is -2.19. The van der Waals surface area contributed by atoms with E-state index in [4.69, 9.17) is 29.9 Å². The monoisotopic (exact) mass is 961 g/mol. The summed E-state index contributed by atoms with van der Waals surface area (Å²) in [6.07, 6.45) is 0. The molecular formula is C66H84N6. The van der Waals surface area contributed by atoms with Crippen LogP contribution in [-0.4, -0.2) is 32.8 Å². The topological polar surface area (TPSA) is 75.2 Å². The second-order valence-corrected chi connectivity index (χ2v) is 22.4. The Bertz CT molecular complexity index is 2520. The van der Waals surface area contributed by atoms with E-state index in [-0.39, 0.29) is 0 Å². The Labute approximate surface area is 434 Å². The van der Waals surface area contributed by atoms with Crippen LogP contribution in [-0.2, 0) is 0 Å². The molecule has 0 fully saturated rings. The summed E-state index contributed by atoms with van der Waals surface area (Å²) in [7, 11) is 0. The number of para-hydroxylation sites is 4. The second kappa shape index (κ2) is 23.6. The molecule has 0 saturated carbocycles. The Morgan fingerprint density at radius 2 is 0.431 bits per heavy atom. The third-order valence-corrected chi connectivity index (χ3v) is 14.0. The van der Waals surface area contributed by atoms with Crippen LogP contribution < -0.4 is 0 Å². The lowest BCUT2D eigenvalue weighted by atomic mass is 9.92. The number of nitrogens with zero attached hydrogens (tertiary/aromatic N) is 6. The number of hydrogen-bond donors (Lipinski definition) is 0. The molecule has 6 heteroatoms. The van der Waals surface area contributed by atoms with Crippen molar-refractivity contribution in [2.75, 3.05) is 0 Å². The molecule has 0 unspecified atom stereocenters. The lowest BCUT2D eigenvalue weighted by molar-refractivity contribution is 0.834. The summed E-state index contributed by atoms with van der Waals surface area (Å²) in [4.78, 5) is 32.9. The highest BCUT2D eigenvalue weighted by atomic mass is 14.9. The molecule has 0 amide bonds. The molecular weight excluding hydrogens is 877 g/mol. The molecule has 0 spiro atoms. The zero-order chi connectivity index (χ0) is 52.9. The summed E-state index contributed by atoms with van der Waals surface area (Å²) in [6.45, 7) is 44.3. The third kappa shape index (κ3) is 12.5. The molecule has 6 rings (SSSR count). The third-order valence-electron chi connectivity index (χ3n) is 14.0. The lowest BCUT2D eigenvalue weighted by Crippen LogP contribution is -2.09. The van der Waals surface area contributed by atoms with Crippen molar-refractivity contribution in [2.24, 2.45) is 20.0 Å². The van der Waals surface area contributed by atoms with Crippen LogP contribution in [0.1, 0.15) is 253 Å². The van der Waals surface area contributed by atoms with Crippen LogP contribution in [0.25, 0.3) is 11.1 Å². The van der Waals surface area contributed by atoms with E-state index >= 15 is 0 Å². The first-order chi connectivity index (χ1) is 34.0. The van der Waals surface area contributed by atoms with Gasteiger partial charge in [-0.25, -0.2) is 9.97 Å². The summed E-state index contributed by atoms with van der Waals surface area (Å²) in [5, 5.41) is 0. The van der Waals surface area contributed by atoms with E-state index in [0.717, 1.165) is 79.5 Å². The van der Waals surface area contributed by atoms with E-state index in [9.17, 15) is 0 Å². The fraction of sp³-hybridized carbons (Fsp3) is 0.424. The normalized spacial score (nSPS) is 13.2. The molecule has 0 N–H and O–H groups in total. The number of aliphatic imine (C=N–C) groups is 4. The van der Waals surface area contributed by atoms with Crippen LogP contribution in [0.2, 0.25) is 0 Å². The summed E-state index contributed by atoms with van der Waals surface area (Å²) < 4.78 is 0. The second-order valence-electron chi connectivity index (χ2n) is 22.4. The molecule has 2 aromatic heterocycles. The van der Waals surface area contributed by atoms with Gasteiger partial charge in [-0.15, -0.1) is 0 Å². The molecule has 6 aromatic rings. The van der Waals surface area contributed by atoms with Crippen molar-refractivity contribution in [1.82, 2.24) is 9.97 Å². The van der Waals surface area contributed by atoms with E-state index in [1.807, 2.05) is 0 Å². The van der Waals surface area contributed by atoms with Crippen LogP contribution in [0.3, 0.4) is 0 Å². The molecule has 4 aromatic carbocycles. The number of aromatic nitrogens is 2. The van der Waals surface area contributed by atoms with Gasteiger partial charge in [0.1, 0.15) is 0 Å². The summed E-state index contributed by atoms with van der Waals surface area (Å²) in [5.41, 5.74) is 22.5. The van der Waals surface area contributed by atoms with Gasteiger partial charge in [-0.05, 0) is 155 Å². The van der Waals surface area contributed by atoms with Crippen molar-refractivity contribution in [3.05, 3.63) is 164 Å². The number of benzene rings is 4. The van der Waals surface area contributed by atoms with E-state index in [1.165, 1.54) is 44.5 Å². The summed E-state index contributed by atoms with van der Waals surface area (Å²) in [5.74, 6) is 2.39. The Balaban J connectivity index is 1.72. The minimum Gasteiger partial charge on any atom is -0.251 e. The fourth-order valence-electron chi connectivity index (χ4n) is 9.60. The first kappa shape index (κ1) is 55.2. The van der Waals surface area contributed by atoms with Gasteiger partial charge < -0.3 is 0 Å². The van der Waals surface area contributed by atoms with Gasteiger partial charge in [-0.3, -0.25) is 20.0 Å². The van der Waals surface area contributed by atoms with Gasteiger partial charge in [0.15, 0.2) is 0 Å². The average molecular weight is 961 g/mol. The van der Waals surface area contributed by atoms with E-state index in [2.05, 4.69) is 236 Å². The van der Waals surface area contributed by atoms with Crippen LogP contribution in [0.15, 0.2) is 117 Å². The van der Waals surface area contributed by atoms with Crippen molar-refractivity contribution in [3.63, 3.8) is 0 Å². The van der Waals surface area contributed by atoms with Gasteiger partial charge in [-0.2, -0.15) is 0 Å². The summed E-state index contributed by atoms with van der Waals surface area (Å²) >= 11 is 0. The molecule has 6 nitrogen and oxygen atoms in total. The van der Waals surface area contributed by atoms with Crippen molar-refractivity contribution in [2.45, 2.75) is 186 Å². The molecule has 0 atom stereocenters. The van der Waals surface area contributed by atoms with Gasteiger partial charge in [0.05, 0.1) is 68.4 Å². The smallest absolute Gasteiger partial charge is 0.0856 e. The summed E-state index contributed by atoms with van der Waals surface area (Å²) in [6, 6.07) is 35.2. The molecule has 0 aliphatic carbocycles. The van der Waals surface area contributed by atoms with Gasteiger partial charge >= 0.3 is 0 Å². The van der Waals surface area contributed by atoms with Crippen molar-refractivity contribution in [3.8, 4) is 11.1 Å². The molecule has 2 heterocycles. The minimum atomic E-state index is 0.298. The quantitative estimate of drug-likeness (QED) is 0.0854. The molecule has 378 valence electrons. The predicted octanol–water partition coefficient (Wildman–Crippen LogP) is 19.7. The van der Waals surface area contributed by atoms with E-state index in [0.29, 0.717) is 47.3 Å². The Hall–Kier alpha value is -6.14. The Morgan fingerprint density at radius 1 is 0.278 bits per heavy atom. The van der Waals surface area contributed by atoms with Crippen LogP contribution in [0.4, 0.5) is 22.7 Å². The highest BCUT2D eigenvalue weighted by Crippen LogP contribution is 2.40. The first-order valence-electron chi connectivity index (χ1n) is 26.8. The number of rotatable bonds is 17.